The molecule has 6 heteroatoms. The summed E-state index contributed by atoms with van der Waals surface area (Å²) in [5, 5.41) is 13.3. The van der Waals surface area contributed by atoms with Gasteiger partial charge in [-0.1, -0.05) is 6.07 Å². The highest BCUT2D eigenvalue weighted by molar-refractivity contribution is 5.82. The summed E-state index contributed by atoms with van der Waals surface area (Å²) in [5.74, 6) is 1.48. The number of fused-ring (bicyclic) bond motifs is 1. The van der Waals surface area contributed by atoms with Crippen LogP contribution in [-0.4, -0.2) is 43.5 Å². The minimum atomic E-state index is -0.864. The number of nitrogens with one attached hydrogen (secondary N) is 1. The molecular formula is C17H21NO5. The Labute approximate surface area is 134 Å². The van der Waals surface area contributed by atoms with Gasteiger partial charge in [-0.15, -0.1) is 0 Å². The molecule has 1 aromatic carbocycles. The van der Waals surface area contributed by atoms with Crippen molar-refractivity contribution < 1.29 is 24.1 Å². The van der Waals surface area contributed by atoms with E-state index in [9.17, 15) is 9.90 Å². The molecule has 0 bridgehead atoms. The van der Waals surface area contributed by atoms with Crippen molar-refractivity contribution in [3.05, 3.63) is 23.3 Å². The SMILES string of the molecule is CNCc1ccc(OC)c2c1[C@]13CC(O)O[C@H]1CC(=O)C[C@@H]3O2. The van der Waals surface area contributed by atoms with Crippen molar-refractivity contribution in [3.63, 3.8) is 0 Å². The first kappa shape index (κ1) is 14.9. The van der Waals surface area contributed by atoms with Crippen LogP contribution in [0.5, 0.6) is 11.5 Å². The zero-order valence-electron chi connectivity index (χ0n) is 13.3. The van der Waals surface area contributed by atoms with Crippen molar-refractivity contribution in [1.29, 1.82) is 0 Å². The summed E-state index contributed by atoms with van der Waals surface area (Å²) in [7, 11) is 3.50. The summed E-state index contributed by atoms with van der Waals surface area (Å²) in [6, 6.07) is 3.91. The van der Waals surface area contributed by atoms with Crippen molar-refractivity contribution in [2.24, 2.45) is 0 Å². The van der Waals surface area contributed by atoms with Crippen LogP contribution in [0.3, 0.4) is 0 Å². The van der Waals surface area contributed by atoms with Crippen molar-refractivity contribution in [2.45, 2.75) is 49.7 Å². The van der Waals surface area contributed by atoms with Gasteiger partial charge in [-0.05, 0) is 18.7 Å². The Kier molecular flexibility index (Phi) is 3.37. The van der Waals surface area contributed by atoms with Gasteiger partial charge in [0.15, 0.2) is 17.8 Å². The molecule has 2 N–H and O–H groups in total. The van der Waals surface area contributed by atoms with Crippen LogP contribution in [0, 0.1) is 0 Å². The monoisotopic (exact) mass is 319 g/mol. The molecule has 4 rings (SSSR count). The number of carbonyl (C=O) groups is 1. The third-order valence-electron chi connectivity index (χ3n) is 5.33. The fourth-order valence-corrected chi connectivity index (χ4v) is 4.47. The van der Waals surface area contributed by atoms with Gasteiger partial charge >= 0.3 is 0 Å². The van der Waals surface area contributed by atoms with Gasteiger partial charge in [-0.25, -0.2) is 0 Å². The van der Waals surface area contributed by atoms with Gasteiger partial charge in [0, 0.05) is 31.4 Å². The number of aliphatic hydroxyl groups is 1. The van der Waals surface area contributed by atoms with E-state index >= 15 is 0 Å². The second-order valence-corrected chi connectivity index (χ2v) is 6.54. The van der Waals surface area contributed by atoms with Crippen LogP contribution in [0.4, 0.5) is 0 Å². The second kappa shape index (κ2) is 5.19. The smallest absolute Gasteiger partial charge is 0.165 e. The van der Waals surface area contributed by atoms with E-state index in [0.29, 0.717) is 37.3 Å². The summed E-state index contributed by atoms with van der Waals surface area (Å²) >= 11 is 0. The lowest BCUT2D eigenvalue weighted by atomic mass is 9.64. The van der Waals surface area contributed by atoms with Gasteiger partial charge in [-0.3, -0.25) is 4.79 Å². The summed E-state index contributed by atoms with van der Waals surface area (Å²) in [4.78, 5) is 12.1. The molecular weight excluding hydrogens is 298 g/mol. The third-order valence-corrected chi connectivity index (χ3v) is 5.33. The zero-order chi connectivity index (χ0) is 16.2. The third kappa shape index (κ3) is 1.95. The first-order valence-corrected chi connectivity index (χ1v) is 7.97. The Morgan fingerprint density at radius 2 is 2.17 bits per heavy atom. The Balaban J connectivity index is 1.93. The molecule has 1 aliphatic carbocycles. The highest BCUT2D eigenvalue weighted by atomic mass is 16.6. The number of ether oxygens (including phenoxy) is 3. The number of hydrogen-bond donors (Lipinski definition) is 2. The lowest BCUT2D eigenvalue weighted by molar-refractivity contribution is -0.135. The highest BCUT2D eigenvalue weighted by Crippen LogP contribution is 2.59. The molecule has 1 saturated carbocycles. The van der Waals surface area contributed by atoms with Crippen LogP contribution >= 0.6 is 0 Å². The van der Waals surface area contributed by atoms with Crippen LogP contribution < -0.4 is 14.8 Å². The average Bonchev–Trinajstić information content (AvgIpc) is 3.00. The number of Topliss-reactive ketones (excluding diaryl/α,β-unsaturated/α-hetero) is 1. The van der Waals surface area contributed by atoms with Crippen molar-refractivity contribution in [1.82, 2.24) is 5.32 Å². The molecule has 3 aliphatic rings. The van der Waals surface area contributed by atoms with Crippen LogP contribution in [0.1, 0.15) is 30.4 Å². The van der Waals surface area contributed by atoms with E-state index in [0.717, 1.165) is 11.1 Å². The molecule has 1 unspecified atom stereocenters. The predicted octanol–water partition coefficient (Wildman–Crippen LogP) is 0.884. The molecule has 0 aromatic heterocycles. The fraction of sp³-hybridized carbons (Fsp3) is 0.588. The van der Waals surface area contributed by atoms with E-state index in [2.05, 4.69) is 5.32 Å². The molecule has 1 spiro atoms. The summed E-state index contributed by atoms with van der Waals surface area (Å²) in [6.07, 6.45) is -0.375. The topological polar surface area (TPSA) is 77.0 Å². The largest absolute Gasteiger partial charge is 0.493 e. The summed E-state index contributed by atoms with van der Waals surface area (Å²) in [5.41, 5.74) is 1.66. The van der Waals surface area contributed by atoms with Crippen molar-refractivity contribution in [3.8, 4) is 11.5 Å². The molecule has 1 saturated heterocycles. The maximum atomic E-state index is 12.1. The number of ketones is 1. The molecule has 0 radical (unpaired) electrons. The normalized spacial score (nSPS) is 34.6. The standard InChI is InChI=1S/C17H21NO5/c1-18-8-9-3-4-11(21-2)16-15(9)17-7-14(20)22-12(17)5-10(19)6-13(17)23-16/h3-4,12-14,18,20H,5-8H2,1-2H3/t12-,13-,14?,17+/m0/s1. The van der Waals surface area contributed by atoms with E-state index in [1.165, 1.54) is 0 Å². The summed E-state index contributed by atoms with van der Waals surface area (Å²) < 4.78 is 17.3. The number of methoxy groups -OCH3 is 1. The molecule has 124 valence electrons. The van der Waals surface area contributed by atoms with Crippen LogP contribution in [0.2, 0.25) is 0 Å². The van der Waals surface area contributed by atoms with Gasteiger partial charge < -0.3 is 24.6 Å². The Bertz CT molecular complexity index is 661. The lowest BCUT2D eigenvalue weighted by Gasteiger charge is -2.38. The van der Waals surface area contributed by atoms with Crippen LogP contribution in [0.25, 0.3) is 0 Å². The van der Waals surface area contributed by atoms with Gasteiger partial charge in [0.2, 0.25) is 0 Å². The number of benzene rings is 1. The maximum Gasteiger partial charge on any atom is 0.165 e. The van der Waals surface area contributed by atoms with Gasteiger partial charge in [0.1, 0.15) is 11.9 Å². The molecule has 2 fully saturated rings. The van der Waals surface area contributed by atoms with Gasteiger partial charge in [-0.2, -0.15) is 0 Å². The zero-order valence-corrected chi connectivity index (χ0v) is 13.3. The Morgan fingerprint density at radius 1 is 1.39 bits per heavy atom. The highest BCUT2D eigenvalue weighted by Gasteiger charge is 2.63. The molecule has 0 amide bonds. The Hall–Kier alpha value is -1.63. The van der Waals surface area contributed by atoms with Crippen molar-refractivity contribution in [2.75, 3.05) is 14.2 Å². The van der Waals surface area contributed by atoms with E-state index in [1.807, 2.05) is 19.2 Å². The van der Waals surface area contributed by atoms with Crippen LogP contribution in [0.15, 0.2) is 12.1 Å². The van der Waals surface area contributed by atoms with E-state index < -0.39 is 11.7 Å². The molecule has 2 heterocycles. The minimum absolute atomic E-state index is 0.117. The second-order valence-electron chi connectivity index (χ2n) is 6.54. The molecule has 1 aromatic rings. The van der Waals surface area contributed by atoms with E-state index in [-0.39, 0.29) is 18.0 Å². The van der Waals surface area contributed by atoms with E-state index in [1.54, 1.807) is 7.11 Å². The predicted molar refractivity (Wildman–Crippen MR) is 81.6 cm³/mol. The van der Waals surface area contributed by atoms with E-state index in [4.69, 9.17) is 14.2 Å². The molecule has 23 heavy (non-hydrogen) atoms. The number of aliphatic hydroxyl groups excluding tert-OH is 1. The lowest BCUT2D eigenvalue weighted by Crippen LogP contribution is -2.51. The van der Waals surface area contributed by atoms with Crippen LogP contribution in [-0.2, 0) is 21.5 Å². The molecule has 2 aliphatic heterocycles. The summed E-state index contributed by atoms with van der Waals surface area (Å²) in [6.45, 7) is 0.681. The average molecular weight is 319 g/mol. The molecule has 6 nitrogen and oxygen atoms in total. The quantitative estimate of drug-likeness (QED) is 0.861. The van der Waals surface area contributed by atoms with Gasteiger partial charge in [0.25, 0.3) is 0 Å². The Morgan fingerprint density at radius 3 is 2.91 bits per heavy atom. The first-order valence-electron chi connectivity index (χ1n) is 7.97. The molecule has 4 atom stereocenters. The van der Waals surface area contributed by atoms with Gasteiger partial charge in [0.05, 0.1) is 18.6 Å². The number of carbonyl (C=O) groups excluding carboxylic acids is 1. The number of hydrogen-bond acceptors (Lipinski definition) is 6. The first-order chi connectivity index (χ1) is 11.1. The number of rotatable bonds is 3. The minimum Gasteiger partial charge on any atom is -0.493 e. The maximum absolute atomic E-state index is 12.1. The van der Waals surface area contributed by atoms with Crippen molar-refractivity contribution >= 4 is 5.78 Å². The fourth-order valence-electron chi connectivity index (χ4n) is 4.47.